The van der Waals surface area contributed by atoms with Crippen molar-refractivity contribution in [2.24, 2.45) is 0 Å². The molecule has 0 heterocycles. The molecule has 0 aromatic carbocycles. The third-order valence-electron chi connectivity index (χ3n) is 2.73. The molecule has 0 aromatic rings. The van der Waals surface area contributed by atoms with Gasteiger partial charge in [0.05, 0.1) is 13.2 Å². The molecule has 11 nitrogen and oxygen atoms in total. The Morgan fingerprint density at radius 1 is 0.704 bits per heavy atom. The van der Waals surface area contributed by atoms with Crippen LogP contribution in [0.3, 0.4) is 0 Å². The number of hydrogen-bond acceptors (Lipinski definition) is 11. The molecule has 0 rings (SSSR count). The molecule has 0 aliphatic heterocycles. The first-order valence-corrected chi connectivity index (χ1v) is 6.99. The highest BCUT2D eigenvalue weighted by Gasteiger charge is 2.65. The quantitative estimate of drug-likeness (QED) is 0.142. The van der Waals surface area contributed by atoms with E-state index < -0.39 is 48.7 Å². The van der Waals surface area contributed by atoms with E-state index in [1.54, 1.807) is 0 Å². The Hall–Kier alpha value is -3.28. The minimum absolute atomic E-state index is 0.573. The van der Waals surface area contributed by atoms with Gasteiger partial charge in [-0.25, -0.2) is 19.2 Å². The lowest BCUT2D eigenvalue weighted by atomic mass is 10.0. The maximum Gasteiger partial charge on any atom is 0.459 e. The molecule has 0 amide bonds. The molecule has 0 aliphatic carbocycles. The van der Waals surface area contributed by atoms with Crippen molar-refractivity contribution in [1.82, 2.24) is 0 Å². The van der Waals surface area contributed by atoms with Crippen molar-refractivity contribution in [3.8, 4) is 0 Å². The molecule has 0 bridgehead atoms. The van der Waals surface area contributed by atoms with Gasteiger partial charge in [0.25, 0.3) is 5.60 Å². The molecule has 148 valence electrons. The Morgan fingerprint density at radius 3 is 1.41 bits per heavy atom. The molecule has 0 fully saturated rings. The van der Waals surface area contributed by atoms with E-state index in [1.807, 2.05) is 0 Å². The van der Waals surface area contributed by atoms with Crippen LogP contribution in [0.4, 0.5) is 0 Å². The van der Waals surface area contributed by atoms with Crippen LogP contribution in [0.2, 0.25) is 0 Å². The Labute approximate surface area is 153 Å². The van der Waals surface area contributed by atoms with Gasteiger partial charge in [0, 0.05) is 24.3 Å². The van der Waals surface area contributed by atoms with E-state index in [9.17, 15) is 29.4 Å². The molecule has 0 radical (unpaired) electrons. The molecule has 27 heavy (non-hydrogen) atoms. The van der Waals surface area contributed by atoms with Crippen LogP contribution in [0.1, 0.15) is 0 Å². The number of ether oxygens (including phenoxy) is 3. The van der Waals surface area contributed by atoms with E-state index >= 15 is 0 Å². The van der Waals surface area contributed by atoms with Crippen molar-refractivity contribution in [1.29, 1.82) is 0 Å². The Kier molecular flexibility index (Phi) is 9.36. The van der Waals surface area contributed by atoms with Crippen LogP contribution in [0.5, 0.6) is 0 Å². The van der Waals surface area contributed by atoms with Gasteiger partial charge in [-0.05, 0) is 0 Å². The lowest BCUT2D eigenvalue weighted by Gasteiger charge is -2.41. The average molecular weight is 386 g/mol. The predicted molar refractivity (Wildman–Crippen MR) is 85.9 cm³/mol. The molecule has 0 saturated carbocycles. The summed E-state index contributed by atoms with van der Waals surface area (Å²) < 4.78 is 14.3. The monoisotopic (exact) mass is 386 g/mol. The molecular weight excluding hydrogens is 368 g/mol. The first kappa shape index (κ1) is 23.7. The number of aliphatic hydroxyl groups is 2. The number of carbonyl (C=O) groups excluding carboxylic acids is 4. The maximum atomic E-state index is 11.7. The van der Waals surface area contributed by atoms with Crippen LogP contribution < -0.4 is 0 Å². The second kappa shape index (κ2) is 10.7. The van der Waals surface area contributed by atoms with Crippen molar-refractivity contribution in [2.45, 2.75) is 11.6 Å². The zero-order valence-corrected chi connectivity index (χ0v) is 14.1. The summed E-state index contributed by atoms with van der Waals surface area (Å²) in [6, 6.07) is 0. The number of hydrogen-bond donors (Lipinski definition) is 2. The van der Waals surface area contributed by atoms with Crippen molar-refractivity contribution in [2.75, 3.05) is 13.2 Å². The van der Waals surface area contributed by atoms with Gasteiger partial charge in [0.2, 0.25) is 0 Å². The first-order chi connectivity index (χ1) is 12.7. The van der Waals surface area contributed by atoms with Crippen LogP contribution in [-0.4, -0.2) is 58.9 Å². The van der Waals surface area contributed by atoms with Gasteiger partial charge in [-0.15, -0.1) is 0 Å². The normalized spacial score (nSPS) is 10.7. The van der Waals surface area contributed by atoms with E-state index in [4.69, 9.17) is 14.2 Å². The van der Waals surface area contributed by atoms with E-state index in [0.717, 1.165) is 0 Å². The van der Waals surface area contributed by atoms with Gasteiger partial charge < -0.3 is 24.4 Å². The van der Waals surface area contributed by atoms with Gasteiger partial charge in [0.1, 0.15) is 0 Å². The van der Waals surface area contributed by atoms with Crippen molar-refractivity contribution >= 4 is 23.9 Å². The highest BCUT2D eigenvalue weighted by atomic mass is 17.3. The second-order valence-electron chi connectivity index (χ2n) is 4.43. The lowest BCUT2D eigenvalue weighted by Crippen LogP contribution is -2.66. The molecule has 0 aliphatic rings. The molecule has 2 N–H and O–H groups in total. The lowest BCUT2D eigenvalue weighted by molar-refractivity contribution is -0.504. The van der Waals surface area contributed by atoms with E-state index in [1.165, 1.54) is 0 Å². The van der Waals surface area contributed by atoms with Crippen LogP contribution in [-0.2, 0) is 43.2 Å². The number of aliphatic hydroxyl groups excluding tert-OH is 2. The summed E-state index contributed by atoms with van der Waals surface area (Å²) >= 11 is 0. The standard InChI is InChI=1S/C16H18O11/c1-5-11(19)23-15(9-17,10-18)16(24-12(20)6-2,25-13(21)7-3)27-26-14(22)8-4/h5-8,17-18H,1-4,9-10H2. The third-order valence-corrected chi connectivity index (χ3v) is 2.73. The van der Waals surface area contributed by atoms with Crippen LogP contribution in [0, 0.1) is 0 Å². The van der Waals surface area contributed by atoms with Crippen molar-refractivity contribution < 1.29 is 53.4 Å². The highest BCUT2D eigenvalue weighted by Crippen LogP contribution is 2.34. The topological polar surface area (TPSA) is 155 Å². The Balaban J connectivity index is 6.51. The molecular formula is C16H18O11. The largest absolute Gasteiger partial charge is 0.459 e. The van der Waals surface area contributed by atoms with Crippen molar-refractivity contribution in [3.05, 3.63) is 50.6 Å². The molecule has 0 spiro atoms. The van der Waals surface area contributed by atoms with E-state index in [-0.39, 0.29) is 0 Å². The summed E-state index contributed by atoms with van der Waals surface area (Å²) in [5.74, 6) is -8.51. The number of esters is 3. The van der Waals surface area contributed by atoms with Crippen LogP contribution in [0.25, 0.3) is 0 Å². The van der Waals surface area contributed by atoms with Crippen LogP contribution >= 0.6 is 0 Å². The molecule has 0 aromatic heterocycles. The minimum atomic E-state index is -3.30. The van der Waals surface area contributed by atoms with Gasteiger partial charge >= 0.3 is 29.9 Å². The third kappa shape index (κ3) is 5.88. The average Bonchev–Trinajstić information content (AvgIpc) is 2.69. The van der Waals surface area contributed by atoms with Crippen LogP contribution in [0.15, 0.2) is 50.6 Å². The fourth-order valence-electron chi connectivity index (χ4n) is 1.40. The smallest absolute Gasteiger partial charge is 0.439 e. The summed E-state index contributed by atoms with van der Waals surface area (Å²) in [7, 11) is 0. The summed E-state index contributed by atoms with van der Waals surface area (Å²) in [6.45, 7) is 9.71. The first-order valence-electron chi connectivity index (χ1n) is 6.99. The van der Waals surface area contributed by atoms with Gasteiger partial charge in [-0.2, -0.15) is 0 Å². The molecule has 11 heteroatoms. The number of rotatable bonds is 12. The van der Waals surface area contributed by atoms with E-state index in [0.29, 0.717) is 24.3 Å². The SMILES string of the molecule is C=CC(=O)OOC(OC(=O)C=C)(OC(=O)C=C)C(CO)(CO)OC(=O)C=C. The van der Waals surface area contributed by atoms with Gasteiger partial charge in [0.15, 0.2) is 0 Å². The van der Waals surface area contributed by atoms with Gasteiger partial charge in [-0.3, -0.25) is 4.89 Å². The summed E-state index contributed by atoms with van der Waals surface area (Å²) in [5, 5.41) is 19.4. The van der Waals surface area contributed by atoms with E-state index in [2.05, 4.69) is 36.1 Å². The highest BCUT2D eigenvalue weighted by molar-refractivity contribution is 5.84. The molecule has 0 unspecified atom stereocenters. The Bertz CT molecular complexity index is 608. The summed E-state index contributed by atoms with van der Waals surface area (Å²) in [4.78, 5) is 55.2. The predicted octanol–water partition coefficient (Wildman–Crippen LogP) is -0.788. The van der Waals surface area contributed by atoms with Gasteiger partial charge in [-0.1, -0.05) is 31.2 Å². The fourth-order valence-corrected chi connectivity index (χ4v) is 1.40. The maximum absolute atomic E-state index is 11.7. The molecule has 0 saturated heterocycles. The fraction of sp³-hybridized carbons (Fsp3) is 0.250. The zero-order chi connectivity index (χ0) is 21.1. The van der Waals surface area contributed by atoms with Crippen molar-refractivity contribution in [3.63, 3.8) is 0 Å². The Morgan fingerprint density at radius 2 is 1.07 bits per heavy atom. The summed E-state index contributed by atoms with van der Waals surface area (Å²) in [6.07, 6.45) is 2.38. The minimum Gasteiger partial charge on any atom is -0.439 e. The second-order valence-corrected chi connectivity index (χ2v) is 4.43. The number of carbonyl (C=O) groups is 4. The summed E-state index contributed by atoms with van der Waals surface area (Å²) in [5.41, 5.74) is -2.81. The molecule has 0 atom stereocenters. The zero-order valence-electron chi connectivity index (χ0n) is 14.1.